The molecule has 3 heterocycles. The number of rotatable bonds is 8. The summed E-state index contributed by atoms with van der Waals surface area (Å²) in [5.74, 6) is 2.62. The van der Waals surface area contributed by atoms with Gasteiger partial charge in [-0.1, -0.05) is 6.92 Å². The zero-order valence-corrected chi connectivity index (χ0v) is 15.7. The Morgan fingerprint density at radius 2 is 2.35 bits per heavy atom. The Hall–Kier alpha value is -2.35. The molecule has 1 fully saturated rings. The average Bonchev–Trinajstić information content (AvgIpc) is 3.39. The van der Waals surface area contributed by atoms with E-state index in [1.807, 2.05) is 19.2 Å². The van der Waals surface area contributed by atoms with Crippen LogP contribution in [0.25, 0.3) is 0 Å². The number of furan rings is 1. The first kappa shape index (κ1) is 18.4. The van der Waals surface area contributed by atoms with Crippen LogP contribution >= 0.6 is 0 Å². The highest BCUT2D eigenvalue weighted by Gasteiger charge is 2.22. The molecule has 0 aromatic carbocycles. The van der Waals surface area contributed by atoms with Gasteiger partial charge in [0, 0.05) is 32.6 Å². The van der Waals surface area contributed by atoms with Crippen molar-refractivity contribution in [3.63, 3.8) is 0 Å². The van der Waals surface area contributed by atoms with Crippen molar-refractivity contribution in [2.24, 2.45) is 12.0 Å². The molecule has 1 atom stereocenters. The second-order valence-corrected chi connectivity index (χ2v) is 6.53. The Morgan fingerprint density at radius 1 is 1.42 bits per heavy atom. The third kappa shape index (κ3) is 5.08. The number of hydrogen-bond acceptors (Lipinski definition) is 5. The van der Waals surface area contributed by atoms with E-state index in [4.69, 9.17) is 4.42 Å². The summed E-state index contributed by atoms with van der Waals surface area (Å²) in [6.07, 6.45) is 6.60. The molecule has 142 valence electrons. The lowest BCUT2D eigenvalue weighted by atomic mass is 10.2. The molecule has 0 radical (unpaired) electrons. The summed E-state index contributed by atoms with van der Waals surface area (Å²) in [4.78, 5) is 11.4. The molecule has 2 aromatic heterocycles. The number of aliphatic imine (C=N–C) groups is 1. The molecule has 0 spiro atoms. The van der Waals surface area contributed by atoms with Crippen molar-refractivity contribution in [1.29, 1.82) is 0 Å². The highest BCUT2D eigenvalue weighted by Crippen LogP contribution is 2.15. The van der Waals surface area contributed by atoms with E-state index in [1.54, 1.807) is 17.3 Å². The Balaban J connectivity index is 1.55. The van der Waals surface area contributed by atoms with Crippen molar-refractivity contribution >= 4 is 5.96 Å². The normalized spacial score (nSPS) is 18.4. The van der Waals surface area contributed by atoms with Gasteiger partial charge >= 0.3 is 0 Å². The first-order valence-electron chi connectivity index (χ1n) is 9.37. The summed E-state index contributed by atoms with van der Waals surface area (Å²) in [6, 6.07) is 4.48. The van der Waals surface area contributed by atoms with Crippen LogP contribution in [0.2, 0.25) is 0 Å². The average molecular weight is 359 g/mol. The molecule has 1 aliphatic heterocycles. The molecule has 0 bridgehead atoms. The molecule has 0 saturated carbocycles. The predicted octanol–water partition coefficient (Wildman–Crippen LogP) is 1.17. The number of guanidine groups is 1. The molecule has 26 heavy (non-hydrogen) atoms. The summed E-state index contributed by atoms with van der Waals surface area (Å²) in [7, 11) is 1.88. The SMILES string of the molecule is CCN1CCCC1CNC(=NCc1ncnn1C)NCCc1ccco1. The first-order valence-corrected chi connectivity index (χ1v) is 9.37. The zero-order chi connectivity index (χ0) is 18.2. The number of likely N-dealkylation sites (tertiary alicyclic amines) is 1. The molecule has 1 saturated heterocycles. The number of nitrogens with one attached hydrogen (secondary N) is 2. The fourth-order valence-corrected chi connectivity index (χ4v) is 3.30. The summed E-state index contributed by atoms with van der Waals surface area (Å²) in [5.41, 5.74) is 0. The van der Waals surface area contributed by atoms with Crippen LogP contribution in [0.15, 0.2) is 34.1 Å². The Morgan fingerprint density at radius 3 is 3.08 bits per heavy atom. The fourth-order valence-electron chi connectivity index (χ4n) is 3.30. The van der Waals surface area contributed by atoms with Crippen molar-refractivity contribution in [3.8, 4) is 0 Å². The van der Waals surface area contributed by atoms with Gasteiger partial charge in [-0.25, -0.2) is 9.98 Å². The maximum absolute atomic E-state index is 5.39. The van der Waals surface area contributed by atoms with Crippen LogP contribution in [0.3, 0.4) is 0 Å². The van der Waals surface area contributed by atoms with Crippen LogP contribution in [-0.2, 0) is 20.0 Å². The summed E-state index contributed by atoms with van der Waals surface area (Å²) < 4.78 is 7.14. The highest BCUT2D eigenvalue weighted by molar-refractivity contribution is 5.79. The van der Waals surface area contributed by atoms with E-state index in [2.05, 4.69) is 37.5 Å². The topological polar surface area (TPSA) is 83.5 Å². The second kappa shape index (κ2) is 9.38. The first-order chi connectivity index (χ1) is 12.8. The molecule has 2 N–H and O–H groups in total. The predicted molar refractivity (Wildman–Crippen MR) is 101 cm³/mol. The number of aromatic nitrogens is 3. The minimum atomic E-state index is 0.495. The lowest BCUT2D eigenvalue weighted by Crippen LogP contribution is -2.45. The smallest absolute Gasteiger partial charge is 0.191 e. The molecule has 8 heteroatoms. The molecule has 3 rings (SSSR count). The van der Waals surface area contributed by atoms with E-state index in [9.17, 15) is 0 Å². The van der Waals surface area contributed by atoms with Crippen LogP contribution in [0, 0.1) is 0 Å². The van der Waals surface area contributed by atoms with Gasteiger partial charge in [-0.2, -0.15) is 5.10 Å². The van der Waals surface area contributed by atoms with Gasteiger partial charge in [-0.05, 0) is 38.1 Å². The number of likely N-dealkylation sites (N-methyl/N-ethyl adjacent to an activating group) is 1. The van der Waals surface area contributed by atoms with Gasteiger partial charge in [0.25, 0.3) is 0 Å². The molecule has 8 nitrogen and oxygen atoms in total. The van der Waals surface area contributed by atoms with Crippen LogP contribution in [0.4, 0.5) is 0 Å². The van der Waals surface area contributed by atoms with Crippen molar-refractivity contribution in [2.45, 2.75) is 38.8 Å². The van der Waals surface area contributed by atoms with Crippen LogP contribution < -0.4 is 10.6 Å². The lowest BCUT2D eigenvalue weighted by Gasteiger charge is -2.24. The summed E-state index contributed by atoms with van der Waals surface area (Å²) in [6.45, 7) is 6.68. The fraction of sp³-hybridized carbons (Fsp3) is 0.611. The van der Waals surface area contributed by atoms with Crippen molar-refractivity contribution in [1.82, 2.24) is 30.3 Å². The molecular weight excluding hydrogens is 330 g/mol. The van der Waals surface area contributed by atoms with E-state index < -0.39 is 0 Å². The van der Waals surface area contributed by atoms with E-state index in [0.717, 1.165) is 43.6 Å². The summed E-state index contributed by atoms with van der Waals surface area (Å²) >= 11 is 0. The second-order valence-electron chi connectivity index (χ2n) is 6.53. The maximum Gasteiger partial charge on any atom is 0.191 e. The van der Waals surface area contributed by atoms with Crippen molar-refractivity contribution in [2.75, 3.05) is 26.2 Å². The zero-order valence-electron chi connectivity index (χ0n) is 15.7. The molecule has 0 amide bonds. The van der Waals surface area contributed by atoms with Gasteiger partial charge in [0.2, 0.25) is 0 Å². The van der Waals surface area contributed by atoms with Crippen molar-refractivity contribution < 1.29 is 4.42 Å². The van der Waals surface area contributed by atoms with Crippen LogP contribution in [-0.4, -0.2) is 57.8 Å². The van der Waals surface area contributed by atoms with Crippen LogP contribution in [0.5, 0.6) is 0 Å². The van der Waals surface area contributed by atoms with Gasteiger partial charge in [0.05, 0.1) is 6.26 Å². The largest absolute Gasteiger partial charge is 0.469 e. The molecule has 1 aliphatic rings. The van der Waals surface area contributed by atoms with E-state index >= 15 is 0 Å². The number of hydrogen-bond donors (Lipinski definition) is 2. The monoisotopic (exact) mass is 359 g/mol. The van der Waals surface area contributed by atoms with Gasteiger partial charge in [0.15, 0.2) is 5.96 Å². The maximum atomic E-state index is 5.39. The highest BCUT2D eigenvalue weighted by atomic mass is 16.3. The molecule has 1 unspecified atom stereocenters. The van der Waals surface area contributed by atoms with Gasteiger partial charge in [-0.3, -0.25) is 9.58 Å². The minimum absolute atomic E-state index is 0.495. The Bertz CT molecular complexity index is 680. The molecular formula is C18H29N7O. The quantitative estimate of drug-likeness (QED) is 0.544. The third-order valence-electron chi connectivity index (χ3n) is 4.84. The third-order valence-corrected chi connectivity index (χ3v) is 4.84. The Labute approximate surface area is 154 Å². The molecule has 2 aromatic rings. The standard InChI is InChI=1S/C18H29N7O/c1-3-25-10-4-6-15(25)12-20-18(19-9-8-16-7-5-11-26-16)21-13-17-22-14-23-24(17)2/h5,7,11,14-15H,3-4,6,8-10,12-13H2,1-2H3,(H2,19,20,21). The van der Waals surface area contributed by atoms with E-state index in [1.165, 1.54) is 19.4 Å². The Kier molecular flexibility index (Phi) is 6.65. The number of aryl methyl sites for hydroxylation is 1. The van der Waals surface area contributed by atoms with Crippen molar-refractivity contribution in [3.05, 3.63) is 36.3 Å². The van der Waals surface area contributed by atoms with Gasteiger partial charge in [-0.15, -0.1) is 0 Å². The van der Waals surface area contributed by atoms with Gasteiger partial charge in [0.1, 0.15) is 24.5 Å². The van der Waals surface area contributed by atoms with E-state index in [-0.39, 0.29) is 0 Å². The molecule has 0 aliphatic carbocycles. The lowest BCUT2D eigenvalue weighted by molar-refractivity contribution is 0.267. The summed E-state index contributed by atoms with van der Waals surface area (Å²) in [5, 5.41) is 11.0. The minimum Gasteiger partial charge on any atom is -0.469 e. The number of nitrogens with zero attached hydrogens (tertiary/aromatic N) is 5. The van der Waals surface area contributed by atoms with Gasteiger partial charge < -0.3 is 15.1 Å². The van der Waals surface area contributed by atoms with E-state index in [0.29, 0.717) is 12.6 Å². The van der Waals surface area contributed by atoms with Crippen LogP contribution in [0.1, 0.15) is 31.4 Å².